The average molecular weight is 268 g/mol. The Kier molecular flexibility index (Phi) is 3.04. The molecule has 2 rings (SSSR count). The molecule has 1 heterocycles. The molecule has 3 amide bonds. The average Bonchev–Trinajstić information content (AvgIpc) is 2.49. The van der Waals surface area contributed by atoms with Crippen LogP contribution in [0.3, 0.4) is 0 Å². The Hall–Kier alpha value is -1.98. The van der Waals surface area contributed by atoms with Crippen LogP contribution < -0.4 is 5.32 Å². The summed E-state index contributed by atoms with van der Waals surface area (Å²) in [4.78, 5) is 25.1. The van der Waals surface area contributed by atoms with Gasteiger partial charge in [0.1, 0.15) is 17.2 Å². The summed E-state index contributed by atoms with van der Waals surface area (Å²) in [6, 6.07) is 1.92. The smallest absolute Gasteiger partial charge is 0.319 e. The minimum absolute atomic E-state index is 0.0894. The second kappa shape index (κ2) is 4.29. The molecule has 0 saturated carbocycles. The first-order valence-electron chi connectivity index (χ1n) is 5.88. The van der Waals surface area contributed by atoms with E-state index in [2.05, 4.69) is 5.32 Å². The molecular weight excluding hydrogens is 254 g/mol. The Morgan fingerprint density at radius 1 is 1.16 bits per heavy atom. The van der Waals surface area contributed by atoms with Crippen molar-refractivity contribution < 1.29 is 18.4 Å². The van der Waals surface area contributed by atoms with Crippen molar-refractivity contribution >= 4 is 11.9 Å². The first-order chi connectivity index (χ1) is 8.75. The zero-order chi connectivity index (χ0) is 14.4. The number of imide groups is 1. The molecule has 0 spiro atoms. The zero-order valence-electron chi connectivity index (χ0n) is 10.8. The van der Waals surface area contributed by atoms with Crippen molar-refractivity contribution in [2.75, 3.05) is 0 Å². The van der Waals surface area contributed by atoms with Gasteiger partial charge in [-0.1, -0.05) is 0 Å². The van der Waals surface area contributed by atoms with Crippen LogP contribution in [0.15, 0.2) is 18.2 Å². The van der Waals surface area contributed by atoms with Gasteiger partial charge >= 0.3 is 6.03 Å². The van der Waals surface area contributed by atoms with Crippen LogP contribution in [0.1, 0.15) is 26.3 Å². The Labute approximate surface area is 109 Å². The number of hydrogen-bond donors (Lipinski definition) is 1. The third kappa shape index (κ3) is 2.07. The van der Waals surface area contributed by atoms with Crippen molar-refractivity contribution in [3.8, 4) is 0 Å². The number of nitrogens with zero attached hydrogens (tertiary/aromatic N) is 1. The molecule has 19 heavy (non-hydrogen) atoms. The summed E-state index contributed by atoms with van der Waals surface area (Å²) >= 11 is 0. The van der Waals surface area contributed by atoms with Gasteiger partial charge in [0.25, 0.3) is 5.91 Å². The van der Waals surface area contributed by atoms with E-state index < -0.39 is 29.1 Å². The minimum Gasteiger partial charge on any atom is -0.319 e. The van der Waals surface area contributed by atoms with Crippen molar-refractivity contribution in [2.45, 2.75) is 32.4 Å². The lowest BCUT2D eigenvalue weighted by atomic mass is 9.91. The summed E-state index contributed by atoms with van der Waals surface area (Å²) < 4.78 is 26.5. The highest BCUT2D eigenvalue weighted by atomic mass is 19.1. The first kappa shape index (κ1) is 13.5. The van der Waals surface area contributed by atoms with Crippen LogP contribution in [0.5, 0.6) is 0 Å². The number of amides is 3. The quantitative estimate of drug-likeness (QED) is 0.835. The van der Waals surface area contributed by atoms with Gasteiger partial charge in [-0.2, -0.15) is 0 Å². The molecule has 4 nitrogen and oxygen atoms in total. The highest BCUT2D eigenvalue weighted by molar-refractivity contribution is 6.07. The molecule has 1 aromatic rings. The fourth-order valence-electron chi connectivity index (χ4n) is 2.17. The molecule has 0 bridgehead atoms. The number of rotatable bonds is 2. The standard InChI is InChI=1S/C13H14F2N2O2/c1-7(2)17-11(18)13(3,16-12(17)19)8-4-9(14)6-10(15)5-8/h4-7H,1-3H3,(H,16,19). The number of urea groups is 1. The van der Waals surface area contributed by atoms with Gasteiger partial charge in [0.05, 0.1) is 0 Å². The molecule has 102 valence electrons. The van der Waals surface area contributed by atoms with E-state index in [9.17, 15) is 18.4 Å². The van der Waals surface area contributed by atoms with Crippen LogP contribution in [0.4, 0.5) is 13.6 Å². The SMILES string of the molecule is CC(C)N1C(=O)NC(C)(c2cc(F)cc(F)c2)C1=O. The molecule has 0 aromatic heterocycles. The normalized spacial score (nSPS) is 23.2. The number of carbonyl (C=O) groups is 2. The maximum Gasteiger partial charge on any atom is 0.325 e. The molecule has 1 aliphatic heterocycles. The van der Waals surface area contributed by atoms with Crippen molar-refractivity contribution in [1.82, 2.24) is 10.2 Å². The molecule has 1 aliphatic rings. The first-order valence-corrected chi connectivity index (χ1v) is 5.88. The lowest BCUT2D eigenvalue weighted by molar-refractivity contribution is -0.132. The van der Waals surface area contributed by atoms with Gasteiger partial charge in [0, 0.05) is 12.1 Å². The Morgan fingerprint density at radius 2 is 1.68 bits per heavy atom. The molecule has 0 aliphatic carbocycles. The second-order valence-electron chi connectivity index (χ2n) is 4.98. The number of benzene rings is 1. The second-order valence-corrected chi connectivity index (χ2v) is 4.98. The number of carbonyl (C=O) groups excluding carboxylic acids is 2. The van der Waals surface area contributed by atoms with Crippen LogP contribution in [-0.2, 0) is 10.3 Å². The number of nitrogens with one attached hydrogen (secondary N) is 1. The topological polar surface area (TPSA) is 49.4 Å². The molecule has 1 saturated heterocycles. The van der Waals surface area contributed by atoms with E-state index in [1.165, 1.54) is 6.92 Å². The number of halogens is 2. The maximum absolute atomic E-state index is 13.3. The summed E-state index contributed by atoms with van der Waals surface area (Å²) in [6.45, 7) is 4.81. The highest BCUT2D eigenvalue weighted by Gasteiger charge is 2.50. The Bertz CT molecular complexity index is 539. The third-order valence-corrected chi connectivity index (χ3v) is 3.18. The van der Waals surface area contributed by atoms with Crippen molar-refractivity contribution in [3.63, 3.8) is 0 Å². The molecule has 1 unspecified atom stereocenters. The predicted octanol–water partition coefficient (Wildman–Crippen LogP) is 2.14. The van der Waals surface area contributed by atoms with Gasteiger partial charge in [0.15, 0.2) is 0 Å². The monoisotopic (exact) mass is 268 g/mol. The lowest BCUT2D eigenvalue weighted by Gasteiger charge is -2.23. The van der Waals surface area contributed by atoms with Gasteiger partial charge in [-0.15, -0.1) is 0 Å². The van der Waals surface area contributed by atoms with E-state index in [4.69, 9.17) is 0 Å². The van der Waals surface area contributed by atoms with Crippen LogP contribution in [0.2, 0.25) is 0 Å². The molecule has 0 radical (unpaired) electrons. The molecular formula is C13H14F2N2O2. The van der Waals surface area contributed by atoms with E-state index >= 15 is 0 Å². The van der Waals surface area contributed by atoms with E-state index in [0.29, 0.717) is 6.07 Å². The van der Waals surface area contributed by atoms with Gasteiger partial charge in [-0.25, -0.2) is 13.6 Å². The van der Waals surface area contributed by atoms with E-state index in [-0.39, 0.29) is 11.6 Å². The Morgan fingerprint density at radius 3 is 2.11 bits per heavy atom. The predicted molar refractivity (Wildman–Crippen MR) is 64.2 cm³/mol. The van der Waals surface area contributed by atoms with Crippen LogP contribution in [0.25, 0.3) is 0 Å². The summed E-state index contributed by atoms with van der Waals surface area (Å²) in [5.74, 6) is -2.10. The van der Waals surface area contributed by atoms with Crippen LogP contribution in [0, 0.1) is 11.6 Å². The zero-order valence-corrected chi connectivity index (χ0v) is 10.8. The summed E-state index contributed by atoms with van der Waals surface area (Å²) in [5.41, 5.74) is -1.35. The molecule has 1 atom stereocenters. The largest absolute Gasteiger partial charge is 0.325 e. The fourth-order valence-corrected chi connectivity index (χ4v) is 2.17. The maximum atomic E-state index is 13.3. The summed E-state index contributed by atoms with van der Waals surface area (Å²) in [6.07, 6.45) is 0. The van der Waals surface area contributed by atoms with E-state index in [0.717, 1.165) is 17.0 Å². The van der Waals surface area contributed by atoms with Gasteiger partial charge in [0.2, 0.25) is 0 Å². The molecule has 6 heteroatoms. The van der Waals surface area contributed by atoms with Crippen LogP contribution >= 0.6 is 0 Å². The van der Waals surface area contributed by atoms with Crippen LogP contribution in [-0.4, -0.2) is 22.9 Å². The van der Waals surface area contributed by atoms with Gasteiger partial charge in [-0.05, 0) is 38.5 Å². The Balaban J connectivity index is 2.49. The van der Waals surface area contributed by atoms with Gasteiger partial charge < -0.3 is 5.32 Å². The van der Waals surface area contributed by atoms with E-state index in [1.807, 2.05) is 0 Å². The minimum atomic E-state index is -1.44. The number of hydrogen-bond acceptors (Lipinski definition) is 2. The van der Waals surface area contributed by atoms with Crippen molar-refractivity contribution in [1.29, 1.82) is 0 Å². The summed E-state index contributed by atoms with van der Waals surface area (Å²) in [5, 5.41) is 2.49. The van der Waals surface area contributed by atoms with Crippen molar-refractivity contribution in [3.05, 3.63) is 35.4 Å². The fraction of sp³-hybridized carbons (Fsp3) is 0.385. The lowest BCUT2D eigenvalue weighted by Crippen LogP contribution is -2.42. The summed E-state index contributed by atoms with van der Waals surface area (Å²) in [7, 11) is 0. The van der Waals surface area contributed by atoms with E-state index in [1.54, 1.807) is 13.8 Å². The molecule has 1 fully saturated rings. The molecule has 1 N–H and O–H groups in total. The highest BCUT2D eigenvalue weighted by Crippen LogP contribution is 2.30. The van der Waals surface area contributed by atoms with Gasteiger partial charge in [-0.3, -0.25) is 9.69 Å². The molecule has 1 aromatic carbocycles. The third-order valence-electron chi connectivity index (χ3n) is 3.18. The van der Waals surface area contributed by atoms with Crippen molar-refractivity contribution in [2.24, 2.45) is 0 Å².